The molecule has 4 heteroatoms. The quantitative estimate of drug-likeness (QED) is 0.883. The van der Waals surface area contributed by atoms with Gasteiger partial charge in [0.1, 0.15) is 5.69 Å². The van der Waals surface area contributed by atoms with Gasteiger partial charge in [-0.1, -0.05) is 13.3 Å². The third-order valence-corrected chi connectivity index (χ3v) is 3.77. The molecule has 1 aliphatic rings. The number of likely N-dealkylation sites (N-methyl/N-ethyl adjacent to an activating group) is 1. The van der Waals surface area contributed by atoms with Crippen LogP contribution in [0, 0.1) is 0 Å². The summed E-state index contributed by atoms with van der Waals surface area (Å²) in [4.78, 5) is 14.3. The molecule has 2 heterocycles. The fraction of sp³-hybridized carbons (Fsp3) is 0.667. The van der Waals surface area contributed by atoms with Crippen molar-refractivity contribution in [1.82, 2.24) is 14.8 Å². The van der Waals surface area contributed by atoms with Crippen molar-refractivity contribution in [3.05, 3.63) is 24.0 Å². The molecule has 4 nitrogen and oxygen atoms in total. The van der Waals surface area contributed by atoms with Crippen LogP contribution >= 0.6 is 0 Å². The molecule has 1 fully saturated rings. The summed E-state index contributed by atoms with van der Waals surface area (Å²) in [5, 5.41) is 3.49. The number of carbonyl (C=O) groups excluding carboxylic acids is 1. The molecular weight excluding hydrogens is 238 g/mol. The molecule has 0 aliphatic carbocycles. The second-order valence-electron chi connectivity index (χ2n) is 5.42. The van der Waals surface area contributed by atoms with Crippen molar-refractivity contribution < 1.29 is 4.79 Å². The monoisotopic (exact) mass is 263 g/mol. The number of aryl methyl sites for hydroxylation is 1. The molecule has 19 heavy (non-hydrogen) atoms. The fourth-order valence-electron chi connectivity index (χ4n) is 2.73. The highest BCUT2D eigenvalue weighted by molar-refractivity contribution is 5.92. The Labute approximate surface area is 115 Å². The maximum atomic E-state index is 12.5. The van der Waals surface area contributed by atoms with Crippen LogP contribution in [-0.2, 0) is 6.54 Å². The Morgan fingerprint density at radius 2 is 2.37 bits per heavy atom. The lowest BCUT2D eigenvalue weighted by atomic mass is 10.0. The zero-order valence-corrected chi connectivity index (χ0v) is 12.1. The normalized spacial score (nSPS) is 19.4. The molecular formula is C15H25N3O. The van der Waals surface area contributed by atoms with Gasteiger partial charge in [0.2, 0.25) is 0 Å². The van der Waals surface area contributed by atoms with Crippen molar-refractivity contribution in [2.75, 3.05) is 20.1 Å². The Bertz CT molecular complexity index is 407. The van der Waals surface area contributed by atoms with E-state index >= 15 is 0 Å². The lowest BCUT2D eigenvalue weighted by Gasteiger charge is -2.28. The van der Waals surface area contributed by atoms with Crippen LogP contribution in [0.25, 0.3) is 0 Å². The molecule has 0 saturated carbocycles. The summed E-state index contributed by atoms with van der Waals surface area (Å²) in [6.07, 6.45) is 6.74. The Kier molecular flexibility index (Phi) is 5.02. The number of hydrogen-bond acceptors (Lipinski definition) is 2. The average Bonchev–Trinajstić information content (AvgIpc) is 2.87. The Balaban J connectivity index is 1.95. The van der Waals surface area contributed by atoms with Gasteiger partial charge in [0, 0.05) is 32.4 Å². The number of hydrogen-bond donors (Lipinski definition) is 1. The highest BCUT2D eigenvalue weighted by Gasteiger charge is 2.20. The van der Waals surface area contributed by atoms with Crippen LogP contribution in [0.5, 0.6) is 0 Å². The first-order valence-corrected chi connectivity index (χ1v) is 7.36. The van der Waals surface area contributed by atoms with E-state index in [0.717, 1.165) is 31.7 Å². The number of aromatic nitrogens is 1. The molecule has 106 valence electrons. The summed E-state index contributed by atoms with van der Waals surface area (Å²) in [6.45, 7) is 4.92. The molecule has 1 saturated heterocycles. The Morgan fingerprint density at radius 1 is 1.53 bits per heavy atom. The minimum Gasteiger partial charge on any atom is -0.344 e. The first kappa shape index (κ1) is 14.1. The average molecular weight is 263 g/mol. The largest absolute Gasteiger partial charge is 0.344 e. The second-order valence-corrected chi connectivity index (χ2v) is 5.42. The predicted octanol–water partition coefficient (Wildman–Crippen LogP) is 2.11. The van der Waals surface area contributed by atoms with Crippen molar-refractivity contribution in [3.63, 3.8) is 0 Å². The fourth-order valence-corrected chi connectivity index (χ4v) is 2.73. The highest BCUT2D eigenvalue weighted by Crippen LogP contribution is 2.11. The summed E-state index contributed by atoms with van der Waals surface area (Å²) < 4.78 is 2.05. The van der Waals surface area contributed by atoms with E-state index < -0.39 is 0 Å². The van der Waals surface area contributed by atoms with Crippen molar-refractivity contribution in [2.24, 2.45) is 0 Å². The standard InChI is InChI=1S/C15H25N3O/c1-3-10-18-11-6-8-14(18)15(19)17(2)12-13-7-4-5-9-16-13/h6,8,11,13,16H,3-5,7,9-10,12H2,1-2H3. The number of nitrogens with one attached hydrogen (secondary N) is 1. The summed E-state index contributed by atoms with van der Waals surface area (Å²) in [5.74, 6) is 0.130. The Hall–Kier alpha value is -1.29. The molecule has 2 rings (SSSR count). The zero-order chi connectivity index (χ0) is 13.7. The van der Waals surface area contributed by atoms with Gasteiger partial charge in [-0.05, 0) is 37.9 Å². The first-order valence-electron chi connectivity index (χ1n) is 7.36. The van der Waals surface area contributed by atoms with Crippen LogP contribution in [0.15, 0.2) is 18.3 Å². The number of piperidine rings is 1. The molecule has 0 radical (unpaired) electrons. The van der Waals surface area contributed by atoms with Crippen LogP contribution in [0.4, 0.5) is 0 Å². The van der Waals surface area contributed by atoms with Crippen LogP contribution in [0.1, 0.15) is 43.1 Å². The highest BCUT2D eigenvalue weighted by atomic mass is 16.2. The molecule has 1 atom stereocenters. The van der Waals surface area contributed by atoms with Crippen LogP contribution in [0.2, 0.25) is 0 Å². The van der Waals surface area contributed by atoms with E-state index in [1.54, 1.807) is 0 Å². The summed E-state index contributed by atoms with van der Waals surface area (Å²) in [6, 6.07) is 4.33. The van der Waals surface area contributed by atoms with E-state index in [4.69, 9.17) is 0 Å². The van der Waals surface area contributed by atoms with Gasteiger partial charge in [-0.3, -0.25) is 4.79 Å². The molecule has 0 spiro atoms. The van der Waals surface area contributed by atoms with E-state index in [-0.39, 0.29) is 5.91 Å². The minimum atomic E-state index is 0.130. The first-order chi connectivity index (χ1) is 9.22. The third-order valence-electron chi connectivity index (χ3n) is 3.77. The van der Waals surface area contributed by atoms with Gasteiger partial charge in [0.15, 0.2) is 0 Å². The lowest BCUT2D eigenvalue weighted by molar-refractivity contribution is 0.0764. The molecule has 1 aliphatic heterocycles. The molecule has 1 aromatic heterocycles. The molecule has 0 bridgehead atoms. The SMILES string of the molecule is CCCn1cccc1C(=O)N(C)CC1CCCCN1. The minimum absolute atomic E-state index is 0.130. The van der Waals surface area contributed by atoms with Crippen LogP contribution < -0.4 is 5.32 Å². The van der Waals surface area contributed by atoms with E-state index in [1.165, 1.54) is 19.3 Å². The van der Waals surface area contributed by atoms with Crippen molar-refractivity contribution in [2.45, 2.75) is 45.2 Å². The van der Waals surface area contributed by atoms with Crippen LogP contribution in [0.3, 0.4) is 0 Å². The molecule has 1 amide bonds. The van der Waals surface area contributed by atoms with Crippen molar-refractivity contribution in [1.29, 1.82) is 0 Å². The smallest absolute Gasteiger partial charge is 0.270 e. The van der Waals surface area contributed by atoms with E-state index in [1.807, 2.05) is 34.8 Å². The number of rotatable bonds is 5. The van der Waals surface area contributed by atoms with Gasteiger partial charge < -0.3 is 14.8 Å². The predicted molar refractivity (Wildman–Crippen MR) is 77.3 cm³/mol. The topological polar surface area (TPSA) is 37.3 Å². The van der Waals surface area contributed by atoms with Crippen molar-refractivity contribution >= 4 is 5.91 Å². The molecule has 1 unspecified atom stereocenters. The molecule has 0 aromatic carbocycles. The summed E-state index contributed by atoms with van der Waals surface area (Å²) >= 11 is 0. The van der Waals surface area contributed by atoms with Gasteiger partial charge in [0.05, 0.1) is 0 Å². The molecule has 1 N–H and O–H groups in total. The maximum Gasteiger partial charge on any atom is 0.270 e. The third kappa shape index (κ3) is 3.60. The van der Waals surface area contributed by atoms with Gasteiger partial charge in [-0.15, -0.1) is 0 Å². The summed E-state index contributed by atoms with van der Waals surface area (Å²) in [5.41, 5.74) is 0.806. The van der Waals surface area contributed by atoms with Gasteiger partial charge in [-0.2, -0.15) is 0 Å². The van der Waals surface area contributed by atoms with E-state index in [0.29, 0.717) is 6.04 Å². The van der Waals surface area contributed by atoms with Gasteiger partial charge in [0.25, 0.3) is 5.91 Å². The van der Waals surface area contributed by atoms with E-state index in [2.05, 4.69) is 12.2 Å². The maximum absolute atomic E-state index is 12.5. The van der Waals surface area contributed by atoms with Gasteiger partial charge in [-0.25, -0.2) is 0 Å². The Morgan fingerprint density at radius 3 is 3.05 bits per heavy atom. The van der Waals surface area contributed by atoms with Crippen LogP contribution in [-0.4, -0.2) is 41.6 Å². The van der Waals surface area contributed by atoms with E-state index in [9.17, 15) is 4.79 Å². The number of nitrogens with zero attached hydrogens (tertiary/aromatic N) is 2. The lowest BCUT2D eigenvalue weighted by Crippen LogP contribution is -2.44. The zero-order valence-electron chi connectivity index (χ0n) is 12.1. The molecule has 1 aromatic rings. The van der Waals surface area contributed by atoms with Crippen molar-refractivity contribution in [3.8, 4) is 0 Å². The summed E-state index contributed by atoms with van der Waals surface area (Å²) in [7, 11) is 1.90. The number of amides is 1. The second kappa shape index (κ2) is 6.75. The van der Waals surface area contributed by atoms with Gasteiger partial charge >= 0.3 is 0 Å². The number of carbonyl (C=O) groups is 1.